The van der Waals surface area contributed by atoms with Gasteiger partial charge in [-0.2, -0.15) is 0 Å². The molecule has 3 aromatic carbocycles. The minimum absolute atomic E-state index is 0.0229. The van der Waals surface area contributed by atoms with Crippen molar-refractivity contribution in [3.8, 4) is 22.6 Å². The minimum Gasteiger partial charge on any atom is -0.454 e. The summed E-state index contributed by atoms with van der Waals surface area (Å²) in [5.74, 6) is 1.68. The molecule has 0 saturated carbocycles. The fourth-order valence-electron chi connectivity index (χ4n) is 3.79. The van der Waals surface area contributed by atoms with E-state index >= 15 is 0 Å². The van der Waals surface area contributed by atoms with Gasteiger partial charge in [0.05, 0.1) is 0 Å². The maximum atomic E-state index is 12.4. The normalized spacial score (nSPS) is 15.2. The number of nitrogens with zero attached hydrogens (tertiary/aromatic N) is 1. The Balaban J connectivity index is 0.000000166. The van der Waals surface area contributed by atoms with Crippen LogP contribution in [0.5, 0.6) is 11.5 Å². The first-order valence-electron chi connectivity index (χ1n) is 10.6. The summed E-state index contributed by atoms with van der Waals surface area (Å²) in [6, 6.07) is 26.1. The van der Waals surface area contributed by atoms with Crippen molar-refractivity contribution in [2.24, 2.45) is 5.92 Å². The standard InChI is InChI=1S/C14H17NO4.C12H10/c16-8-10-3-5-15(6-4-10)14(17)11-1-2-12-13(7-11)19-9-18-12;1-3-7-11(8-4-1)12-9-5-2-6-10-12/h1-2,7,10,16H,3-6,8-9H2;1-10H. The molecular weight excluding hydrogens is 390 g/mol. The van der Waals surface area contributed by atoms with E-state index in [2.05, 4.69) is 48.5 Å². The van der Waals surface area contributed by atoms with Crippen LogP contribution in [0.4, 0.5) is 0 Å². The lowest BCUT2D eigenvalue weighted by Gasteiger charge is -2.31. The molecular formula is C26H27NO4. The van der Waals surface area contributed by atoms with Crippen LogP contribution in [0.15, 0.2) is 78.9 Å². The average molecular weight is 418 g/mol. The topological polar surface area (TPSA) is 59.0 Å². The van der Waals surface area contributed by atoms with E-state index in [1.54, 1.807) is 18.2 Å². The molecule has 1 amide bonds. The molecule has 1 fully saturated rings. The Kier molecular flexibility index (Phi) is 6.85. The van der Waals surface area contributed by atoms with Crippen molar-refractivity contribution in [1.82, 2.24) is 4.90 Å². The number of likely N-dealkylation sites (tertiary alicyclic amines) is 1. The van der Waals surface area contributed by atoms with Crippen molar-refractivity contribution in [2.45, 2.75) is 12.8 Å². The Hall–Kier alpha value is -3.31. The number of carbonyl (C=O) groups excluding carboxylic acids is 1. The van der Waals surface area contributed by atoms with Gasteiger partial charge in [-0.25, -0.2) is 0 Å². The van der Waals surface area contributed by atoms with Crippen LogP contribution >= 0.6 is 0 Å². The molecule has 3 aromatic rings. The second-order valence-corrected chi connectivity index (χ2v) is 7.72. The van der Waals surface area contributed by atoms with E-state index in [1.165, 1.54) is 11.1 Å². The highest BCUT2D eigenvalue weighted by Gasteiger charge is 2.24. The third-order valence-corrected chi connectivity index (χ3v) is 5.66. The van der Waals surface area contributed by atoms with Crippen LogP contribution in [-0.4, -0.2) is 42.4 Å². The highest BCUT2D eigenvalue weighted by atomic mass is 16.7. The Bertz CT molecular complexity index is 945. The van der Waals surface area contributed by atoms with Crippen molar-refractivity contribution in [3.63, 3.8) is 0 Å². The molecule has 31 heavy (non-hydrogen) atoms. The van der Waals surface area contributed by atoms with Gasteiger partial charge in [0.1, 0.15) is 0 Å². The Morgan fingerprint density at radius 2 is 1.42 bits per heavy atom. The van der Waals surface area contributed by atoms with Gasteiger partial charge >= 0.3 is 0 Å². The van der Waals surface area contributed by atoms with Gasteiger partial charge in [-0.3, -0.25) is 4.79 Å². The van der Waals surface area contributed by atoms with E-state index < -0.39 is 0 Å². The number of fused-ring (bicyclic) bond motifs is 1. The van der Waals surface area contributed by atoms with Gasteiger partial charge in [-0.1, -0.05) is 60.7 Å². The number of carbonyl (C=O) groups is 1. The summed E-state index contributed by atoms with van der Waals surface area (Å²) in [5, 5.41) is 9.10. The van der Waals surface area contributed by atoms with E-state index in [4.69, 9.17) is 14.6 Å². The Morgan fingerprint density at radius 1 is 0.839 bits per heavy atom. The number of hydrogen-bond donors (Lipinski definition) is 1. The fraction of sp³-hybridized carbons (Fsp3) is 0.269. The first kappa shape index (κ1) is 20.9. The van der Waals surface area contributed by atoms with E-state index in [-0.39, 0.29) is 19.3 Å². The lowest BCUT2D eigenvalue weighted by molar-refractivity contribution is 0.0650. The molecule has 5 rings (SSSR count). The summed E-state index contributed by atoms with van der Waals surface area (Å²) >= 11 is 0. The quantitative estimate of drug-likeness (QED) is 0.676. The fourth-order valence-corrected chi connectivity index (χ4v) is 3.79. The highest BCUT2D eigenvalue weighted by Crippen LogP contribution is 2.33. The summed E-state index contributed by atoms with van der Waals surface area (Å²) in [7, 11) is 0. The van der Waals surface area contributed by atoms with Gasteiger partial charge in [0.15, 0.2) is 11.5 Å². The van der Waals surface area contributed by atoms with Crippen LogP contribution in [0.1, 0.15) is 23.2 Å². The third kappa shape index (κ3) is 5.25. The molecule has 1 N–H and O–H groups in total. The molecule has 0 aliphatic carbocycles. The number of hydrogen-bond acceptors (Lipinski definition) is 4. The van der Waals surface area contributed by atoms with Crippen molar-refractivity contribution >= 4 is 5.91 Å². The number of aliphatic hydroxyl groups excluding tert-OH is 1. The lowest BCUT2D eigenvalue weighted by atomic mass is 9.97. The van der Waals surface area contributed by atoms with Crippen LogP contribution in [-0.2, 0) is 0 Å². The first-order valence-corrected chi connectivity index (χ1v) is 10.6. The first-order chi connectivity index (χ1) is 15.2. The maximum Gasteiger partial charge on any atom is 0.253 e. The van der Waals surface area contributed by atoms with E-state index in [0.717, 1.165) is 12.8 Å². The van der Waals surface area contributed by atoms with Crippen LogP contribution in [0.25, 0.3) is 11.1 Å². The number of ether oxygens (including phenoxy) is 2. The summed E-state index contributed by atoms with van der Waals surface area (Å²) in [5.41, 5.74) is 3.18. The molecule has 0 aromatic heterocycles. The molecule has 5 nitrogen and oxygen atoms in total. The van der Waals surface area contributed by atoms with Crippen molar-refractivity contribution in [1.29, 1.82) is 0 Å². The van der Waals surface area contributed by atoms with Gasteiger partial charge < -0.3 is 19.5 Å². The Labute approximate surface area is 182 Å². The van der Waals surface area contributed by atoms with Gasteiger partial charge in [0.25, 0.3) is 5.91 Å². The highest BCUT2D eigenvalue weighted by molar-refractivity contribution is 5.95. The van der Waals surface area contributed by atoms with Gasteiger partial charge in [-0.05, 0) is 48.1 Å². The molecule has 0 atom stereocenters. The van der Waals surface area contributed by atoms with Gasteiger partial charge in [0.2, 0.25) is 6.79 Å². The van der Waals surface area contributed by atoms with Crippen LogP contribution in [0, 0.1) is 5.92 Å². The van der Waals surface area contributed by atoms with E-state index in [1.807, 2.05) is 17.0 Å². The maximum absolute atomic E-state index is 12.4. The zero-order chi connectivity index (χ0) is 21.5. The molecule has 0 bridgehead atoms. The second-order valence-electron chi connectivity index (χ2n) is 7.72. The smallest absolute Gasteiger partial charge is 0.253 e. The van der Waals surface area contributed by atoms with Gasteiger partial charge in [0, 0.05) is 25.3 Å². The second kappa shape index (κ2) is 10.1. The predicted molar refractivity (Wildman–Crippen MR) is 120 cm³/mol. The zero-order valence-corrected chi connectivity index (χ0v) is 17.4. The average Bonchev–Trinajstić information content (AvgIpc) is 3.33. The minimum atomic E-state index is 0.0229. The van der Waals surface area contributed by atoms with Crippen LogP contribution in [0.3, 0.4) is 0 Å². The van der Waals surface area contributed by atoms with Crippen LogP contribution < -0.4 is 9.47 Å². The van der Waals surface area contributed by atoms with E-state index in [9.17, 15) is 4.79 Å². The molecule has 1 saturated heterocycles. The number of piperidine rings is 1. The largest absolute Gasteiger partial charge is 0.454 e. The SMILES string of the molecule is O=C(c1ccc2c(c1)OCO2)N1CCC(CO)CC1.c1ccc(-c2ccccc2)cc1. The molecule has 2 aliphatic rings. The van der Waals surface area contributed by atoms with E-state index in [0.29, 0.717) is 36.1 Å². The summed E-state index contributed by atoms with van der Waals surface area (Å²) in [4.78, 5) is 14.2. The molecule has 0 unspecified atom stereocenters. The molecule has 160 valence electrons. The summed E-state index contributed by atoms with van der Waals surface area (Å²) in [6.07, 6.45) is 1.74. The van der Waals surface area contributed by atoms with Crippen molar-refractivity contribution in [2.75, 3.05) is 26.5 Å². The molecule has 2 heterocycles. The number of aliphatic hydroxyl groups is 1. The third-order valence-electron chi connectivity index (χ3n) is 5.66. The number of amides is 1. The number of rotatable bonds is 3. The molecule has 0 spiro atoms. The molecule has 0 radical (unpaired) electrons. The van der Waals surface area contributed by atoms with Crippen molar-refractivity contribution < 1.29 is 19.4 Å². The molecule has 5 heteroatoms. The van der Waals surface area contributed by atoms with Crippen LogP contribution in [0.2, 0.25) is 0 Å². The summed E-state index contributed by atoms with van der Waals surface area (Å²) in [6.45, 7) is 1.85. The van der Waals surface area contributed by atoms with Gasteiger partial charge in [-0.15, -0.1) is 0 Å². The predicted octanol–water partition coefficient (Wildman–Crippen LogP) is 4.61. The molecule has 2 aliphatic heterocycles. The van der Waals surface area contributed by atoms with Crippen molar-refractivity contribution in [3.05, 3.63) is 84.4 Å². The number of benzene rings is 3. The Morgan fingerprint density at radius 3 is 2.00 bits per heavy atom. The summed E-state index contributed by atoms with van der Waals surface area (Å²) < 4.78 is 10.5. The monoisotopic (exact) mass is 417 g/mol. The lowest BCUT2D eigenvalue weighted by Crippen LogP contribution is -2.39. The zero-order valence-electron chi connectivity index (χ0n) is 17.4.